The zero-order valence-corrected chi connectivity index (χ0v) is 13.5. The predicted molar refractivity (Wildman–Crippen MR) is 86.9 cm³/mol. The fraction of sp³-hybridized carbons (Fsp3) is 0.556. The van der Waals surface area contributed by atoms with Crippen LogP contribution in [0.4, 0.5) is 0 Å². The Morgan fingerprint density at radius 2 is 1.87 bits per heavy atom. The van der Waals surface area contributed by atoms with Gasteiger partial charge in [0.2, 0.25) is 0 Å². The Labute approximate surface area is 137 Å². The minimum atomic E-state index is -1.02. The molecular formula is C18H25NO4. The third kappa shape index (κ3) is 4.79. The van der Waals surface area contributed by atoms with Gasteiger partial charge in [0.1, 0.15) is 0 Å². The minimum Gasteiger partial charge on any atom is -0.464 e. The van der Waals surface area contributed by atoms with E-state index in [1.807, 2.05) is 6.07 Å². The number of hydrogen-bond donors (Lipinski definition) is 2. The normalized spacial score (nSPS) is 18.0. The summed E-state index contributed by atoms with van der Waals surface area (Å²) in [5, 5.41) is 13.3. The number of hydrogen-bond acceptors (Lipinski definition) is 4. The molecule has 5 heteroatoms. The van der Waals surface area contributed by atoms with Crippen LogP contribution in [-0.2, 0) is 9.53 Å². The third-order valence-electron chi connectivity index (χ3n) is 4.34. The van der Waals surface area contributed by atoms with Gasteiger partial charge in [-0.1, -0.05) is 37.5 Å². The molecule has 0 bridgehead atoms. The highest BCUT2D eigenvalue weighted by Crippen LogP contribution is 2.28. The van der Waals surface area contributed by atoms with Crippen molar-refractivity contribution < 1.29 is 19.4 Å². The van der Waals surface area contributed by atoms with E-state index in [-0.39, 0.29) is 18.4 Å². The number of benzene rings is 1. The second-order valence-corrected chi connectivity index (χ2v) is 5.96. The summed E-state index contributed by atoms with van der Waals surface area (Å²) in [7, 11) is 0. The first-order valence-electron chi connectivity index (χ1n) is 8.34. The van der Waals surface area contributed by atoms with Crippen molar-refractivity contribution in [2.75, 3.05) is 6.61 Å². The van der Waals surface area contributed by atoms with Gasteiger partial charge in [0, 0.05) is 5.56 Å². The van der Waals surface area contributed by atoms with Gasteiger partial charge >= 0.3 is 5.97 Å². The molecule has 0 spiro atoms. The SMILES string of the molecule is CCOC(=O)[C@H](NC(=O)c1ccccc1)[C@H](O)C1CCCCC1. The number of amides is 1. The zero-order valence-electron chi connectivity index (χ0n) is 13.5. The Morgan fingerprint density at radius 1 is 1.22 bits per heavy atom. The highest BCUT2D eigenvalue weighted by Gasteiger charge is 2.35. The van der Waals surface area contributed by atoms with Gasteiger partial charge in [-0.15, -0.1) is 0 Å². The zero-order chi connectivity index (χ0) is 16.7. The largest absolute Gasteiger partial charge is 0.464 e. The molecule has 1 aliphatic rings. The van der Waals surface area contributed by atoms with Crippen LogP contribution in [0, 0.1) is 5.92 Å². The van der Waals surface area contributed by atoms with Crippen molar-refractivity contribution in [1.29, 1.82) is 0 Å². The molecule has 0 unspecified atom stereocenters. The Bertz CT molecular complexity index is 511. The van der Waals surface area contributed by atoms with Crippen LogP contribution in [0.15, 0.2) is 30.3 Å². The summed E-state index contributed by atoms with van der Waals surface area (Å²) in [5.41, 5.74) is 0.456. The van der Waals surface area contributed by atoms with E-state index in [9.17, 15) is 14.7 Å². The number of rotatable bonds is 6. The summed E-state index contributed by atoms with van der Waals surface area (Å²) in [6, 6.07) is 7.65. The first-order valence-corrected chi connectivity index (χ1v) is 8.34. The van der Waals surface area contributed by atoms with Crippen molar-refractivity contribution >= 4 is 11.9 Å². The quantitative estimate of drug-likeness (QED) is 0.789. The first kappa shape index (κ1) is 17.5. The molecule has 2 N–H and O–H groups in total. The van der Waals surface area contributed by atoms with Crippen molar-refractivity contribution in [1.82, 2.24) is 5.32 Å². The summed E-state index contributed by atoms with van der Waals surface area (Å²) in [4.78, 5) is 24.5. The molecule has 2 rings (SSSR count). The molecule has 0 heterocycles. The van der Waals surface area contributed by atoms with E-state index >= 15 is 0 Å². The van der Waals surface area contributed by atoms with Gasteiger partial charge in [-0.3, -0.25) is 4.79 Å². The van der Waals surface area contributed by atoms with E-state index in [1.54, 1.807) is 31.2 Å². The van der Waals surface area contributed by atoms with E-state index < -0.39 is 18.1 Å². The summed E-state index contributed by atoms with van der Waals surface area (Å²) in [6.45, 7) is 1.93. The Balaban J connectivity index is 2.10. The van der Waals surface area contributed by atoms with Crippen LogP contribution in [0.3, 0.4) is 0 Å². The van der Waals surface area contributed by atoms with Gasteiger partial charge in [0.05, 0.1) is 12.7 Å². The summed E-state index contributed by atoms with van der Waals surface area (Å²) in [5.74, 6) is -0.928. The molecule has 0 aromatic heterocycles. The number of aliphatic hydroxyl groups excluding tert-OH is 1. The molecule has 1 aliphatic carbocycles. The van der Waals surface area contributed by atoms with E-state index in [0.717, 1.165) is 32.1 Å². The van der Waals surface area contributed by atoms with Crippen molar-refractivity contribution in [3.05, 3.63) is 35.9 Å². The maximum absolute atomic E-state index is 12.3. The van der Waals surface area contributed by atoms with Crippen molar-refractivity contribution in [2.24, 2.45) is 5.92 Å². The Kier molecular flexibility index (Phi) is 6.59. The molecule has 2 atom stereocenters. The van der Waals surface area contributed by atoms with E-state index in [1.165, 1.54) is 0 Å². The second kappa shape index (κ2) is 8.67. The fourth-order valence-electron chi connectivity index (χ4n) is 3.08. The molecule has 5 nitrogen and oxygen atoms in total. The maximum Gasteiger partial charge on any atom is 0.331 e. The monoisotopic (exact) mass is 319 g/mol. The molecular weight excluding hydrogens is 294 g/mol. The molecule has 1 amide bonds. The summed E-state index contributed by atoms with van der Waals surface area (Å²) in [6.07, 6.45) is 4.08. The molecule has 0 saturated heterocycles. The van der Waals surface area contributed by atoms with Gasteiger partial charge in [-0.2, -0.15) is 0 Å². The van der Waals surface area contributed by atoms with Gasteiger partial charge in [0.15, 0.2) is 6.04 Å². The van der Waals surface area contributed by atoms with E-state index in [4.69, 9.17) is 4.74 Å². The van der Waals surface area contributed by atoms with Crippen LogP contribution in [0.2, 0.25) is 0 Å². The van der Waals surface area contributed by atoms with Crippen molar-refractivity contribution in [2.45, 2.75) is 51.2 Å². The molecule has 23 heavy (non-hydrogen) atoms. The molecule has 0 radical (unpaired) electrons. The molecule has 1 saturated carbocycles. The number of nitrogens with one attached hydrogen (secondary N) is 1. The molecule has 1 fully saturated rings. The first-order chi connectivity index (χ1) is 11.1. The highest BCUT2D eigenvalue weighted by molar-refractivity contribution is 5.96. The number of carbonyl (C=O) groups excluding carboxylic acids is 2. The van der Waals surface area contributed by atoms with Gasteiger partial charge in [-0.25, -0.2) is 4.79 Å². The molecule has 126 valence electrons. The topological polar surface area (TPSA) is 75.6 Å². The average Bonchev–Trinajstić information content (AvgIpc) is 2.60. The van der Waals surface area contributed by atoms with E-state index in [2.05, 4.69) is 5.32 Å². The highest BCUT2D eigenvalue weighted by atomic mass is 16.5. The van der Waals surface area contributed by atoms with Gasteiger partial charge in [0.25, 0.3) is 5.91 Å². The fourth-order valence-corrected chi connectivity index (χ4v) is 3.08. The number of ether oxygens (including phenoxy) is 1. The Hall–Kier alpha value is -1.88. The minimum absolute atomic E-state index is 0.0224. The maximum atomic E-state index is 12.3. The summed E-state index contributed by atoms with van der Waals surface area (Å²) >= 11 is 0. The van der Waals surface area contributed by atoms with E-state index in [0.29, 0.717) is 5.56 Å². The van der Waals surface area contributed by atoms with Crippen LogP contribution < -0.4 is 5.32 Å². The van der Waals surface area contributed by atoms with Crippen molar-refractivity contribution in [3.8, 4) is 0 Å². The smallest absolute Gasteiger partial charge is 0.331 e. The molecule has 0 aliphatic heterocycles. The summed E-state index contributed by atoms with van der Waals surface area (Å²) < 4.78 is 5.04. The van der Waals surface area contributed by atoms with Gasteiger partial charge < -0.3 is 15.2 Å². The lowest BCUT2D eigenvalue weighted by atomic mass is 9.82. The average molecular weight is 319 g/mol. The van der Waals surface area contributed by atoms with Crippen LogP contribution in [0.5, 0.6) is 0 Å². The van der Waals surface area contributed by atoms with Crippen LogP contribution in [0.1, 0.15) is 49.4 Å². The lowest BCUT2D eigenvalue weighted by Crippen LogP contribution is -2.52. The number of aliphatic hydroxyl groups is 1. The standard InChI is InChI=1S/C18H25NO4/c1-2-23-18(22)15(16(20)13-9-5-3-6-10-13)19-17(21)14-11-7-4-8-12-14/h4,7-8,11-13,15-16,20H,2-3,5-6,9-10H2,1H3,(H,19,21)/t15-,16-/m1/s1. The van der Waals surface area contributed by atoms with Crippen LogP contribution in [0.25, 0.3) is 0 Å². The van der Waals surface area contributed by atoms with Crippen LogP contribution >= 0.6 is 0 Å². The lowest BCUT2D eigenvalue weighted by molar-refractivity contribution is -0.149. The molecule has 1 aromatic carbocycles. The van der Waals surface area contributed by atoms with Gasteiger partial charge in [-0.05, 0) is 37.8 Å². The van der Waals surface area contributed by atoms with Crippen molar-refractivity contribution in [3.63, 3.8) is 0 Å². The predicted octanol–water partition coefficient (Wildman–Crippen LogP) is 2.29. The second-order valence-electron chi connectivity index (χ2n) is 5.96. The molecule has 1 aromatic rings. The number of carbonyl (C=O) groups is 2. The Morgan fingerprint density at radius 3 is 2.48 bits per heavy atom. The third-order valence-corrected chi connectivity index (χ3v) is 4.34. The van der Waals surface area contributed by atoms with Crippen LogP contribution in [-0.4, -0.2) is 35.7 Å². The lowest BCUT2D eigenvalue weighted by Gasteiger charge is -2.31. The number of esters is 1.